The lowest BCUT2D eigenvalue weighted by molar-refractivity contribution is 0.101. The van der Waals surface area contributed by atoms with Crippen LogP contribution < -0.4 is 5.32 Å². The van der Waals surface area contributed by atoms with Crippen molar-refractivity contribution in [2.45, 2.75) is 6.92 Å². The number of rotatable bonds is 2. The molecule has 0 spiro atoms. The van der Waals surface area contributed by atoms with Gasteiger partial charge in [-0.1, -0.05) is 15.9 Å². The summed E-state index contributed by atoms with van der Waals surface area (Å²) in [4.78, 5) is 15.4. The summed E-state index contributed by atoms with van der Waals surface area (Å²) >= 11 is 3.36. The first-order chi connectivity index (χ1) is 7.65. The second-order valence-electron chi connectivity index (χ2n) is 3.31. The zero-order valence-electron chi connectivity index (χ0n) is 8.49. The van der Waals surface area contributed by atoms with E-state index >= 15 is 0 Å². The van der Waals surface area contributed by atoms with Crippen LogP contribution in [0.1, 0.15) is 16.2 Å². The van der Waals surface area contributed by atoms with Crippen molar-refractivity contribution in [2.75, 3.05) is 5.32 Å². The van der Waals surface area contributed by atoms with Gasteiger partial charge in [-0.3, -0.25) is 9.89 Å². The van der Waals surface area contributed by atoms with E-state index in [1.807, 2.05) is 25.1 Å². The predicted molar refractivity (Wildman–Crippen MR) is 63.2 cm³/mol. The van der Waals surface area contributed by atoms with Gasteiger partial charge >= 0.3 is 0 Å². The van der Waals surface area contributed by atoms with E-state index in [-0.39, 0.29) is 11.7 Å². The minimum atomic E-state index is -0.310. The number of nitrogens with zero attached hydrogens (tertiary/aromatic N) is 2. The summed E-state index contributed by atoms with van der Waals surface area (Å²) in [5, 5.41) is 8.84. The van der Waals surface area contributed by atoms with E-state index in [9.17, 15) is 4.79 Å². The van der Waals surface area contributed by atoms with Gasteiger partial charge < -0.3 is 5.32 Å². The molecule has 5 nitrogen and oxygen atoms in total. The smallest absolute Gasteiger partial charge is 0.292 e. The molecule has 2 aromatic rings. The Morgan fingerprint density at radius 3 is 2.88 bits per heavy atom. The highest BCUT2D eigenvalue weighted by Gasteiger charge is 2.08. The van der Waals surface area contributed by atoms with Crippen molar-refractivity contribution < 1.29 is 4.79 Å². The highest BCUT2D eigenvalue weighted by atomic mass is 79.9. The van der Waals surface area contributed by atoms with E-state index in [1.165, 1.54) is 6.33 Å². The first kappa shape index (κ1) is 10.8. The minimum absolute atomic E-state index is 0.192. The Morgan fingerprint density at radius 1 is 1.44 bits per heavy atom. The van der Waals surface area contributed by atoms with Crippen LogP contribution in [0.25, 0.3) is 0 Å². The van der Waals surface area contributed by atoms with Crippen molar-refractivity contribution in [1.29, 1.82) is 0 Å². The molecule has 1 amide bonds. The highest BCUT2D eigenvalue weighted by molar-refractivity contribution is 9.10. The monoisotopic (exact) mass is 280 g/mol. The molecule has 0 saturated carbocycles. The molecule has 0 unspecified atom stereocenters. The predicted octanol–water partition coefficient (Wildman–Crippen LogP) is 2.13. The van der Waals surface area contributed by atoms with Gasteiger partial charge in [0, 0.05) is 10.2 Å². The Labute approximate surface area is 100 Å². The summed E-state index contributed by atoms with van der Waals surface area (Å²) in [6.07, 6.45) is 1.29. The van der Waals surface area contributed by atoms with Gasteiger partial charge in [0.25, 0.3) is 5.91 Å². The third-order valence-corrected chi connectivity index (χ3v) is 2.39. The number of H-pyrrole nitrogens is 1. The molecule has 2 N–H and O–H groups in total. The van der Waals surface area contributed by atoms with Crippen molar-refractivity contribution >= 4 is 27.5 Å². The average molecular weight is 281 g/mol. The van der Waals surface area contributed by atoms with Crippen LogP contribution in [0.4, 0.5) is 5.69 Å². The number of carbonyl (C=O) groups excluding carboxylic acids is 1. The Bertz CT molecular complexity index is 489. The van der Waals surface area contributed by atoms with E-state index in [2.05, 4.69) is 36.4 Å². The highest BCUT2D eigenvalue weighted by Crippen LogP contribution is 2.19. The zero-order chi connectivity index (χ0) is 11.5. The lowest BCUT2D eigenvalue weighted by Gasteiger charge is -2.04. The van der Waals surface area contributed by atoms with Crippen molar-refractivity contribution in [3.8, 4) is 0 Å². The average Bonchev–Trinajstić information content (AvgIpc) is 2.68. The number of aryl methyl sites for hydroxylation is 1. The Balaban J connectivity index is 2.18. The van der Waals surface area contributed by atoms with Crippen LogP contribution in [0.15, 0.2) is 29.0 Å². The van der Waals surface area contributed by atoms with Gasteiger partial charge in [-0.25, -0.2) is 4.98 Å². The molecule has 0 saturated heterocycles. The van der Waals surface area contributed by atoms with Crippen molar-refractivity contribution in [1.82, 2.24) is 15.2 Å². The van der Waals surface area contributed by atoms with Gasteiger partial charge in [-0.15, -0.1) is 0 Å². The maximum absolute atomic E-state index is 11.6. The Kier molecular flexibility index (Phi) is 3.00. The maximum Gasteiger partial charge on any atom is 0.292 e. The molecule has 1 heterocycles. The second-order valence-corrected chi connectivity index (χ2v) is 4.22. The number of carbonyl (C=O) groups is 1. The van der Waals surface area contributed by atoms with Gasteiger partial charge in [-0.2, -0.15) is 5.10 Å². The molecule has 82 valence electrons. The summed E-state index contributed by atoms with van der Waals surface area (Å²) in [6, 6.07) is 5.66. The Morgan fingerprint density at radius 2 is 2.25 bits per heavy atom. The topological polar surface area (TPSA) is 70.7 Å². The number of anilines is 1. The number of aromatic nitrogens is 3. The number of hydrogen-bond donors (Lipinski definition) is 2. The van der Waals surface area contributed by atoms with Crippen LogP contribution in [-0.2, 0) is 0 Å². The van der Waals surface area contributed by atoms with E-state index < -0.39 is 0 Å². The third-order valence-electron chi connectivity index (χ3n) is 1.93. The molecule has 0 fully saturated rings. The van der Waals surface area contributed by atoms with Crippen LogP contribution in [0.3, 0.4) is 0 Å². The first-order valence-corrected chi connectivity index (χ1v) is 5.38. The molecule has 0 aliphatic carbocycles. The zero-order valence-corrected chi connectivity index (χ0v) is 10.1. The molecular formula is C10H9BrN4O. The molecular weight excluding hydrogens is 272 g/mol. The second kappa shape index (κ2) is 4.44. The van der Waals surface area contributed by atoms with Gasteiger partial charge in [0.05, 0.1) is 0 Å². The Hall–Kier alpha value is -1.69. The molecule has 0 bridgehead atoms. The SMILES string of the molecule is Cc1cc(Br)cc(NC(=O)c2ncn[nH]2)c1. The van der Waals surface area contributed by atoms with Crippen molar-refractivity contribution in [3.05, 3.63) is 40.4 Å². The van der Waals surface area contributed by atoms with Crippen molar-refractivity contribution in [3.63, 3.8) is 0 Å². The number of benzene rings is 1. The van der Waals surface area contributed by atoms with Gasteiger partial charge in [-0.05, 0) is 30.7 Å². The molecule has 6 heteroatoms. The summed E-state index contributed by atoms with van der Waals surface area (Å²) in [6.45, 7) is 1.95. The van der Waals surface area contributed by atoms with Crippen LogP contribution in [0, 0.1) is 6.92 Å². The van der Waals surface area contributed by atoms with Gasteiger partial charge in [0.2, 0.25) is 5.82 Å². The minimum Gasteiger partial charge on any atom is -0.319 e. The molecule has 0 radical (unpaired) electrons. The van der Waals surface area contributed by atoms with Crippen LogP contribution in [-0.4, -0.2) is 21.1 Å². The standard InChI is InChI=1S/C10H9BrN4O/c1-6-2-7(11)4-8(3-6)14-10(16)9-12-5-13-15-9/h2-5H,1H3,(H,14,16)(H,12,13,15). The molecule has 0 atom stereocenters. The summed E-state index contributed by atoms with van der Waals surface area (Å²) < 4.78 is 0.917. The molecule has 0 aliphatic rings. The number of aromatic amines is 1. The maximum atomic E-state index is 11.6. The quantitative estimate of drug-likeness (QED) is 0.885. The fourth-order valence-electron chi connectivity index (χ4n) is 1.31. The molecule has 0 aliphatic heterocycles. The summed E-state index contributed by atoms with van der Waals surface area (Å²) in [5.41, 5.74) is 1.77. The number of hydrogen-bond acceptors (Lipinski definition) is 3. The third kappa shape index (κ3) is 2.46. The van der Waals surface area contributed by atoms with Gasteiger partial charge in [0.15, 0.2) is 0 Å². The van der Waals surface area contributed by atoms with E-state index in [1.54, 1.807) is 0 Å². The summed E-state index contributed by atoms with van der Waals surface area (Å²) in [5.74, 6) is -0.118. The van der Waals surface area contributed by atoms with E-state index in [4.69, 9.17) is 0 Å². The normalized spacial score (nSPS) is 10.1. The molecule has 2 rings (SSSR count). The van der Waals surface area contributed by atoms with Crippen LogP contribution >= 0.6 is 15.9 Å². The van der Waals surface area contributed by atoms with E-state index in [0.29, 0.717) is 5.69 Å². The van der Waals surface area contributed by atoms with Crippen LogP contribution in [0.5, 0.6) is 0 Å². The van der Waals surface area contributed by atoms with Gasteiger partial charge in [0.1, 0.15) is 6.33 Å². The van der Waals surface area contributed by atoms with Crippen molar-refractivity contribution in [2.24, 2.45) is 0 Å². The fourth-order valence-corrected chi connectivity index (χ4v) is 1.92. The van der Waals surface area contributed by atoms with E-state index in [0.717, 1.165) is 10.0 Å². The first-order valence-electron chi connectivity index (χ1n) is 4.59. The summed E-state index contributed by atoms with van der Waals surface area (Å²) in [7, 11) is 0. The lowest BCUT2D eigenvalue weighted by Crippen LogP contribution is -2.13. The molecule has 1 aromatic heterocycles. The largest absolute Gasteiger partial charge is 0.319 e. The lowest BCUT2D eigenvalue weighted by atomic mass is 10.2. The molecule has 16 heavy (non-hydrogen) atoms. The number of halogens is 1. The molecule has 1 aromatic carbocycles. The number of nitrogens with one attached hydrogen (secondary N) is 2. The fraction of sp³-hybridized carbons (Fsp3) is 0.100. The number of amides is 1. The van der Waals surface area contributed by atoms with Crippen LogP contribution in [0.2, 0.25) is 0 Å².